The molecule has 98 valence electrons. The lowest BCUT2D eigenvalue weighted by Crippen LogP contribution is -2.17. The molecule has 0 saturated heterocycles. The van der Waals surface area contributed by atoms with Crippen LogP contribution in [0.25, 0.3) is 0 Å². The van der Waals surface area contributed by atoms with Crippen LogP contribution in [0.3, 0.4) is 0 Å². The van der Waals surface area contributed by atoms with Gasteiger partial charge in [-0.25, -0.2) is 4.39 Å². The Morgan fingerprint density at radius 1 is 1.00 bits per heavy atom. The van der Waals surface area contributed by atoms with Gasteiger partial charge in [0.2, 0.25) is 6.79 Å². The van der Waals surface area contributed by atoms with Crippen LogP contribution in [0.1, 0.15) is 17.2 Å². The maximum Gasteiger partial charge on any atom is 0.231 e. The van der Waals surface area contributed by atoms with Crippen LogP contribution in [0.2, 0.25) is 0 Å². The molecule has 3 rings (SSSR count). The molecular weight excluding hydrogens is 245 g/mol. The van der Waals surface area contributed by atoms with Crippen molar-refractivity contribution in [3.05, 3.63) is 59.4 Å². The number of ether oxygens (including phenoxy) is 2. The second kappa shape index (κ2) is 4.90. The Kier molecular flexibility index (Phi) is 3.09. The largest absolute Gasteiger partial charge is 0.454 e. The minimum atomic E-state index is -0.232. The number of halogens is 1. The van der Waals surface area contributed by atoms with Gasteiger partial charge >= 0.3 is 0 Å². The Hall–Kier alpha value is -2.07. The molecular formula is C15H14FNO2. The summed E-state index contributed by atoms with van der Waals surface area (Å²) in [6.45, 7) is 0.263. The van der Waals surface area contributed by atoms with Crippen molar-refractivity contribution in [2.75, 3.05) is 13.8 Å². The molecule has 1 aliphatic rings. The van der Waals surface area contributed by atoms with E-state index in [2.05, 4.69) is 5.32 Å². The molecule has 4 heteroatoms. The average Bonchev–Trinajstić information content (AvgIpc) is 2.89. The van der Waals surface area contributed by atoms with E-state index in [4.69, 9.17) is 9.47 Å². The molecule has 0 amide bonds. The summed E-state index contributed by atoms with van der Waals surface area (Å²) in [4.78, 5) is 0. The molecule has 1 heterocycles. The van der Waals surface area contributed by atoms with Crippen LogP contribution >= 0.6 is 0 Å². The predicted octanol–water partition coefficient (Wildman–Crippen LogP) is 2.86. The standard InChI is InChI=1S/C15H14FNO2/c1-17-15(10-2-5-12(16)6-3-10)11-4-7-13-14(8-11)19-9-18-13/h2-8,15,17H,9H2,1H3. The molecule has 3 nitrogen and oxygen atoms in total. The lowest BCUT2D eigenvalue weighted by atomic mass is 9.98. The monoisotopic (exact) mass is 259 g/mol. The summed E-state index contributed by atoms with van der Waals surface area (Å²) in [7, 11) is 1.87. The zero-order valence-electron chi connectivity index (χ0n) is 10.5. The van der Waals surface area contributed by atoms with E-state index >= 15 is 0 Å². The quantitative estimate of drug-likeness (QED) is 0.919. The number of hydrogen-bond donors (Lipinski definition) is 1. The predicted molar refractivity (Wildman–Crippen MR) is 69.9 cm³/mol. The highest BCUT2D eigenvalue weighted by Crippen LogP contribution is 2.35. The van der Waals surface area contributed by atoms with Crippen molar-refractivity contribution in [3.8, 4) is 11.5 Å². The highest BCUT2D eigenvalue weighted by molar-refractivity contribution is 5.47. The summed E-state index contributed by atoms with van der Waals surface area (Å²) >= 11 is 0. The van der Waals surface area contributed by atoms with Crippen LogP contribution in [0.15, 0.2) is 42.5 Å². The number of nitrogens with one attached hydrogen (secondary N) is 1. The normalized spacial score (nSPS) is 14.4. The first-order valence-corrected chi connectivity index (χ1v) is 6.10. The van der Waals surface area contributed by atoms with Crippen molar-refractivity contribution >= 4 is 0 Å². The highest BCUT2D eigenvalue weighted by atomic mass is 19.1. The van der Waals surface area contributed by atoms with Gasteiger partial charge in [0, 0.05) is 0 Å². The fourth-order valence-corrected chi connectivity index (χ4v) is 2.27. The van der Waals surface area contributed by atoms with Gasteiger partial charge in [-0.15, -0.1) is 0 Å². The zero-order valence-corrected chi connectivity index (χ0v) is 10.5. The van der Waals surface area contributed by atoms with Crippen molar-refractivity contribution in [1.29, 1.82) is 0 Å². The summed E-state index contributed by atoms with van der Waals surface area (Å²) in [5.74, 6) is 1.28. The molecule has 1 aliphatic heterocycles. The minimum absolute atomic E-state index is 0.00454. The second-order valence-electron chi connectivity index (χ2n) is 4.39. The van der Waals surface area contributed by atoms with Gasteiger partial charge in [-0.05, 0) is 42.4 Å². The fourth-order valence-electron chi connectivity index (χ4n) is 2.27. The maximum absolute atomic E-state index is 13.0. The molecule has 0 spiro atoms. The third-order valence-electron chi connectivity index (χ3n) is 3.22. The number of hydrogen-bond acceptors (Lipinski definition) is 3. The number of rotatable bonds is 3. The Labute approximate surface area is 111 Å². The van der Waals surface area contributed by atoms with Gasteiger partial charge in [-0.3, -0.25) is 0 Å². The molecule has 0 aliphatic carbocycles. The highest BCUT2D eigenvalue weighted by Gasteiger charge is 2.18. The van der Waals surface area contributed by atoms with E-state index in [9.17, 15) is 4.39 Å². The first kappa shape index (κ1) is 12.0. The second-order valence-corrected chi connectivity index (χ2v) is 4.39. The fraction of sp³-hybridized carbons (Fsp3) is 0.200. The van der Waals surface area contributed by atoms with Gasteiger partial charge in [0.1, 0.15) is 5.82 Å². The van der Waals surface area contributed by atoms with Crippen molar-refractivity contribution < 1.29 is 13.9 Å². The van der Waals surface area contributed by atoms with Crippen LogP contribution in [-0.4, -0.2) is 13.8 Å². The molecule has 2 aromatic carbocycles. The molecule has 2 aromatic rings. The first-order chi connectivity index (χ1) is 9.28. The van der Waals surface area contributed by atoms with E-state index in [1.807, 2.05) is 25.2 Å². The molecule has 0 radical (unpaired) electrons. The van der Waals surface area contributed by atoms with Crippen molar-refractivity contribution in [1.82, 2.24) is 5.32 Å². The van der Waals surface area contributed by atoms with E-state index < -0.39 is 0 Å². The summed E-state index contributed by atoms with van der Waals surface area (Å²) in [5.41, 5.74) is 2.06. The van der Waals surface area contributed by atoms with Crippen LogP contribution in [0.4, 0.5) is 4.39 Å². The minimum Gasteiger partial charge on any atom is -0.454 e. The molecule has 0 saturated carbocycles. The van der Waals surface area contributed by atoms with Gasteiger partial charge in [-0.1, -0.05) is 18.2 Å². The van der Waals surface area contributed by atoms with Crippen molar-refractivity contribution in [2.45, 2.75) is 6.04 Å². The Morgan fingerprint density at radius 3 is 2.42 bits per heavy atom. The number of benzene rings is 2. The van der Waals surface area contributed by atoms with E-state index in [0.717, 1.165) is 22.6 Å². The Morgan fingerprint density at radius 2 is 1.68 bits per heavy atom. The summed E-state index contributed by atoms with van der Waals surface area (Å²) in [6.07, 6.45) is 0. The van der Waals surface area contributed by atoms with Gasteiger partial charge in [0.15, 0.2) is 11.5 Å². The zero-order chi connectivity index (χ0) is 13.2. The Bertz CT molecular complexity index is 583. The maximum atomic E-state index is 13.0. The molecule has 0 bridgehead atoms. The molecule has 19 heavy (non-hydrogen) atoms. The Balaban J connectivity index is 1.96. The molecule has 0 fully saturated rings. The van der Waals surface area contributed by atoms with Crippen LogP contribution in [0.5, 0.6) is 11.5 Å². The van der Waals surface area contributed by atoms with E-state index in [1.165, 1.54) is 12.1 Å². The third kappa shape index (κ3) is 2.27. The third-order valence-corrected chi connectivity index (χ3v) is 3.22. The topological polar surface area (TPSA) is 30.5 Å². The molecule has 1 atom stereocenters. The smallest absolute Gasteiger partial charge is 0.231 e. The summed E-state index contributed by atoms with van der Waals surface area (Å²) in [5, 5.41) is 3.23. The van der Waals surface area contributed by atoms with Crippen LogP contribution in [-0.2, 0) is 0 Å². The number of fused-ring (bicyclic) bond motifs is 1. The summed E-state index contributed by atoms with van der Waals surface area (Å²) in [6, 6.07) is 12.3. The van der Waals surface area contributed by atoms with Gasteiger partial charge < -0.3 is 14.8 Å². The van der Waals surface area contributed by atoms with Gasteiger partial charge in [0.05, 0.1) is 6.04 Å². The van der Waals surface area contributed by atoms with E-state index in [-0.39, 0.29) is 18.7 Å². The molecule has 1 N–H and O–H groups in total. The molecule has 1 unspecified atom stereocenters. The van der Waals surface area contributed by atoms with Crippen molar-refractivity contribution in [2.24, 2.45) is 0 Å². The van der Waals surface area contributed by atoms with Gasteiger partial charge in [-0.2, -0.15) is 0 Å². The lowest BCUT2D eigenvalue weighted by molar-refractivity contribution is 0.174. The van der Waals surface area contributed by atoms with Crippen molar-refractivity contribution in [3.63, 3.8) is 0 Å². The first-order valence-electron chi connectivity index (χ1n) is 6.10. The average molecular weight is 259 g/mol. The van der Waals surface area contributed by atoms with Crippen LogP contribution in [0, 0.1) is 5.82 Å². The van der Waals surface area contributed by atoms with Crippen LogP contribution < -0.4 is 14.8 Å². The van der Waals surface area contributed by atoms with Gasteiger partial charge in [0.25, 0.3) is 0 Å². The van der Waals surface area contributed by atoms with E-state index in [0.29, 0.717) is 0 Å². The molecule has 0 aromatic heterocycles. The van der Waals surface area contributed by atoms with E-state index in [1.54, 1.807) is 12.1 Å². The summed E-state index contributed by atoms with van der Waals surface area (Å²) < 4.78 is 23.7. The SMILES string of the molecule is CNC(c1ccc(F)cc1)c1ccc2c(c1)OCO2. The lowest BCUT2D eigenvalue weighted by Gasteiger charge is -2.17.